The Kier molecular flexibility index (Phi) is 4.97. The monoisotopic (exact) mass is 331 g/mol. The zero-order valence-electron chi connectivity index (χ0n) is 12.2. The lowest BCUT2D eigenvalue weighted by atomic mass is 10.1. The molecule has 0 saturated heterocycles. The topological polar surface area (TPSA) is 110 Å². The quantitative estimate of drug-likeness (QED) is 0.735. The first-order chi connectivity index (χ1) is 10.8. The van der Waals surface area contributed by atoms with Gasteiger partial charge >= 0.3 is 6.18 Å². The maximum Gasteiger partial charge on any atom is 0.435 e. The molecule has 23 heavy (non-hydrogen) atoms. The summed E-state index contributed by atoms with van der Waals surface area (Å²) in [6, 6.07) is 1.56. The van der Waals surface area contributed by atoms with E-state index in [9.17, 15) is 18.3 Å². The first-order valence-corrected chi connectivity index (χ1v) is 6.73. The van der Waals surface area contributed by atoms with Gasteiger partial charge in [-0.05, 0) is 18.6 Å². The minimum Gasteiger partial charge on any atom is -0.394 e. The van der Waals surface area contributed by atoms with E-state index in [4.69, 9.17) is 10.8 Å². The van der Waals surface area contributed by atoms with Crippen LogP contribution in [-0.2, 0) is 19.3 Å². The van der Waals surface area contributed by atoms with Gasteiger partial charge in [-0.25, -0.2) is 0 Å². The zero-order chi connectivity index (χ0) is 17.2. The van der Waals surface area contributed by atoms with Crippen LogP contribution in [-0.4, -0.2) is 42.9 Å². The van der Waals surface area contributed by atoms with E-state index in [0.717, 1.165) is 10.9 Å². The third kappa shape index (κ3) is 3.84. The minimum atomic E-state index is -4.69. The highest BCUT2D eigenvalue weighted by molar-refractivity contribution is 5.65. The standard InChI is InChI=1S/C13H16F3N5O2/c1-7-2-8(3-17)18-19-11(7)10-5-21(4-9(23)6-22)20-12(10)13(14,15)16/h2,5,9,22-23H,3-4,6,17H2,1H3. The summed E-state index contributed by atoms with van der Waals surface area (Å²) in [6.45, 7) is 0.874. The molecule has 0 bridgehead atoms. The molecule has 126 valence electrons. The van der Waals surface area contributed by atoms with E-state index in [0.29, 0.717) is 11.3 Å². The van der Waals surface area contributed by atoms with Crippen LogP contribution in [0.2, 0.25) is 0 Å². The Bertz CT molecular complexity index is 687. The fourth-order valence-corrected chi connectivity index (χ4v) is 2.08. The Hall–Kier alpha value is -2.04. The molecule has 2 heterocycles. The van der Waals surface area contributed by atoms with Gasteiger partial charge in [0.15, 0.2) is 5.69 Å². The van der Waals surface area contributed by atoms with E-state index >= 15 is 0 Å². The number of nitrogens with two attached hydrogens (primary N) is 1. The second-order valence-corrected chi connectivity index (χ2v) is 5.02. The second-order valence-electron chi connectivity index (χ2n) is 5.02. The van der Waals surface area contributed by atoms with Crippen LogP contribution >= 0.6 is 0 Å². The summed E-state index contributed by atoms with van der Waals surface area (Å²) < 4.78 is 40.5. The summed E-state index contributed by atoms with van der Waals surface area (Å²) in [7, 11) is 0. The summed E-state index contributed by atoms with van der Waals surface area (Å²) in [5, 5.41) is 29.2. The number of hydrogen-bond acceptors (Lipinski definition) is 6. The van der Waals surface area contributed by atoms with Gasteiger partial charge in [-0.2, -0.15) is 23.4 Å². The highest BCUT2D eigenvalue weighted by Gasteiger charge is 2.38. The van der Waals surface area contributed by atoms with Gasteiger partial charge in [0.2, 0.25) is 0 Å². The van der Waals surface area contributed by atoms with Crippen molar-refractivity contribution < 1.29 is 23.4 Å². The van der Waals surface area contributed by atoms with E-state index in [2.05, 4.69) is 15.3 Å². The van der Waals surface area contributed by atoms with E-state index in [1.165, 1.54) is 0 Å². The molecule has 1 unspecified atom stereocenters. The minimum absolute atomic E-state index is 0.0410. The van der Waals surface area contributed by atoms with Crippen molar-refractivity contribution in [3.8, 4) is 11.3 Å². The zero-order valence-corrected chi connectivity index (χ0v) is 12.2. The summed E-state index contributed by atoms with van der Waals surface area (Å²) in [5.74, 6) is 0. The van der Waals surface area contributed by atoms with Gasteiger partial charge in [0.1, 0.15) is 0 Å². The molecule has 4 N–H and O–H groups in total. The third-order valence-corrected chi connectivity index (χ3v) is 3.14. The van der Waals surface area contributed by atoms with Crippen LogP contribution in [0.25, 0.3) is 11.3 Å². The van der Waals surface area contributed by atoms with Crippen molar-refractivity contribution in [3.05, 3.63) is 29.2 Å². The lowest BCUT2D eigenvalue weighted by Gasteiger charge is -2.08. The van der Waals surface area contributed by atoms with E-state index in [1.54, 1.807) is 13.0 Å². The average Bonchev–Trinajstić information content (AvgIpc) is 2.90. The van der Waals surface area contributed by atoms with E-state index in [1.807, 2.05) is 0 Å². The molecule has 0 radical (unpaired) electrons. The first-order valence-electron chi connectivity index (χ1n) is 6.73. The van der Waals surface area contributed by atoms with Crippen molar-refractivity contribution >= 4 is 0 Å². The predicted molar refractivity (Wildman–Crippen MR) is 74.0 cm³/mol. The fourth-order valence-electron chi connectivity index (χ4n) is 2.08. The maximum atomic E-state index is 13.2. The number of rotatable bonds is 5. The van der Waals surface area contributed by atoms with E-state index in [-0.39, 0.29) is 24.3 Å². The molecule has 0 aromatic carbocycles. The molecule has 2 rings (SSSR count). The molecule has 0 fully saturated rings. The number of hydrogen-bond donors (Lipinski definition) is 3. The molecule has 0 saturated carbocycles. The van der Waals surface area contributed by atoms with Crippen LogP contribution in [0.1, 0.15) is 17.0 Å². The van der Waals surface area contributed by atoms with Crippen LogP contribution in [0.3, 0.4) is 0 Å². The summed E-state index contributed by atoms with van der Waals surface area (Å²) in [4.78, 5) is 0. The van der Waals surface area contributed by atoms with E-state index < -0.39 is 24.6 Å². The second kappa shape index (κ2) is 6.60. The Morgan fingerprint density at radius 3 is 2.57 bits per heavy atom. The van der Waals surface area contributed by atoms with Crippen LogP contribution < -0.4 is 5.73 Å². The van der Waals surface area contributed by atoms with Crippen molar-refractivity contribution in [2.75, 3.05) is 6.61 Å². The molecular formula is C13H16F3N5O2. The lowest BCUT2D eigenvalue weighted by Crippen LogP contribution is -2.20. The Labute approximate surface area is 129 Å². The fraction of sp³-hybridized carbons (Fsp3) is 0.462. The summed E-state index contributed by atoms with van der Waals surface area (Å²) in [6.07, 6.45) is -4.78. The Morgan fingerprint density at radius 2 is 2.04 bits per heavy atom. The third-order valence-electron chi connectivity index (χ3n) is 3.14. The largest absolute Gasteiger partial charge is 0.435 e. The molecular weight excluding hydrogens is 315 g/mol. The van der Waals surface area contributed by atoms with Crippen molar-refractivity contribution in [2.45, 2.75) is 32.3 Å². The van der Waals surface area contributed by atoms with Crippen LogP contribution in [0.4, 0.5) is 13.2 Å². The lowest BCUT2D eigenvalue weighted by molar-refractivity contribution is -0.141. The molecule has 10 heteroatoms. The van der Waals surface area contributed by atoms with Gasteiger partial charge < -0.3 is 15.9 Å². The van der Waals surface area contributed by atoms with Gasteiger partial charge in [0, 0.05) is 12.7 Å². The summed E-state index contributed by atoms with van der Waals surface area (Å²) >= 11 is 0. The molecule has 2 aromatic heterocycles. The smallest absolute Gasteiger partial charge is 0.394 e. The van der Waals surface area contributed by atoms with Crippen LogP contribution in [0.5, 0.6) is 0 Å². The van der Waals surface area contributed by atoms with Crippen LogP contribution in [0.15, 0.2) is 12.3 Å². The SMILES string of the molecule is Cc1cc(CN)nnc1-c1cn(CC(O)CO)nc1C(F)(F)F. The van der Waals surface area contributed by atoms with Crippen molar-refractivity contribution in [1.29, 1.82) is 0 Å². The maximum absolute atomic E-state index is 13.2. The molecule has 0 aliphatic carbocycles. The molecule has 0 amide bonds. The summed E-state index contributed by atoms with van der Waals surface area (Å²) in [5.41, 5.74) is 5.05. The number of nitrogens with zero attached hydrogens (tertiary/aromatic N) is 4. The highest BCUT2D eigenvalue weighted by atomic mass is 19.4. The van der Waals surface area contributed by atoms with Gasteiger partial charge in [-0.1, -0.05) is 0 Å². The molecule has 0 aliphatic heterocycles. The number of aliphatic hydroxyl groups is 2. The molecule has 7 nitrogen and oxygen atoms in total. The molecule has 2 aromatic rings. The Morgan fingerprint density at radius 1 is 1.35 bits per heavy atom. The van der Waals surface area contributed by atoms with Gasteiger partial charge in [0.05, 0.1) is 36.2 Å². The number of aromatic nitrogens is 4. The number of aliphatic hydroxyl groups excluding tert-OH is 2. The van der Waals surface area contributed by atoms with Gasteiger partial charge in [0.25, 0.3) is 0 Å². The Balaban J connectivity index is 2.51. The number of alkyl halides is 3. The van der Waals surface area contributed by atoms with Crippen LogP contribution in [0, 0.1) is 6.92 Å². The van der Waals surface area contributed by atoms with Crippen molar-refractivity contribution in [2.24, 2.45) is 5.73 Å². The van der Waals surface area contributed by atoms with Crippen molar-refractivity contribution in [3.63, 3.8) is 0 Å². The highest BCUT2D eigenvalue weighted by Crippen LogP contribution is 2.36. The molecule has 0 spiro atoms. The average molecular weight is 331 g/mol. The predicted octanol–water partition coefficient (Wildman–Crippen LogP) is 0.479. The number of aryl methyl sites for hydroxylation is 1. The first kappa shape index (κ1) is 17.3. The van der Waals surface area contributed by atoms with Crippen molar-refractivity contribution in [1.82, 2.24) is 20.0 Å². The van der Waals surface area contributed by atoms with Gasteiger partial charge in [-0.3, -0.25) is 4.68 Å². The molecule has 0 aliphatic rings. The number of halogens is 3. The molecule has 1 atom stereocenters. The van der Waals surface area contributed by atoms with Gasteiger partial charge in [-0.15, -0.1) is 5.10 Å². The normalized spacial score (nSPS) is 13.3.